The van der Waals surface area contributed by atoms with Gasteiger partial charge in [0.05, 0.1) is 6.10 Å². The third kappa shape index (κ3) is 3.55. The van der Waals surface area contributed by atoms with Crippen molar-refractivity contribution in [2.24, 2.45) is 5.92 Å². The van der Waals surface area contributed by atoms with Crippen molar-refractivity contribution in [2.75, 3.05) is 26.8 Å². The second kappa shape index (κ2) is 6.68. The Bertz CT molecular complexity index is 399. The molecule has 1 amide bonds. The summed E-state index contributed by atoms with van der Waals surface area (Å²) in [6.45, 7) is 1.55. The van der Waals surface area contributed by atoms with Crippen molar-refractivity contribution in [3.63, 3.8) is 0 Å². The first kappa shape index (κ1) is 14.0. The molecule has 1 aliphatic heterocycles. The van der Waals surface area contributed by atoms with Gasteiger partial charge in [-0.3, -0.25) is 4.79 Å². The molecular weight excluding hydrogens is 242 g/mol. The number of benzene rings is 1. The van der Waals surface area contributed by atoms with Gasteiger partial charge in [0.2, 0.25) is 5.91 Å². The summed E-state index contributed by atoms with van der Waals surface area (Å²) in [7, 11) is 1.53. The average Bonchev–Trinajstić information content (AvgIpc) is 2.48. The van der Waals surface area contributed by atoms with Gasteiger partial charge in [0, 0.05) is 20.2 Å². The lowest BCUT2D eigenvalue weighted by atomic mass is 9.87. The number of aliphatic hydroxyl groups is 1. The summed E-state index contributed by atoms with van der Waals surface area (Å²) in [4.78, 5) is 13.5. The number of piperidine rings is 1. The van der Waals surface area contributed by atoms with Crippen molar-refractivity contribution in [3.8, 4) is 0 Å². The maximum Gasteiger partial charge on any atom is 0.248 e. The molecule has 104 valence electrons. The Morgan fingerprint density at radius 2 is 2.00 bits per heavy atom. The van der Waals surface area contributed by atoms with Crippen LogP contribution in [-0.2, 0) is 9.53 Å². The second-order valence-corrected chi connectivity index (χ2v) is 5.01. The summed E-state index contributed by atoms with van der Waals surface area (Å²) in [5, 5.41) is 10.3. The normalized spacial score (nSPS) is 18.3. The predicted octanol–water partition coefficient (Wildman–Crippen LogP) is 1.61. The number of hydrogen-bond donors (Lipinski definition) is 1. The summed E-state index contributed by atoms with van der Waals surface area (Å²) in [6.07, 6.45) is 1.25. The van der Waals surface area contributed by atoms with E-state index in [1.54, 1.807) is 0 Å². The van der Waals surface area contributed by atoms with E-state index in [1.807, 2.05) is 35.2 Å². The zero-order valence-corrected chi connectivity index (χ0v) is 11.3. The molecule has 0 bridgehead atoms. The highest BCUT2D eigenvalue weighted by molar-refractivity contribution is 5.77. The fourth-order valence-electron chi connectivity index (χ4n) is 2.60. The van der Waals surface area contributed by atoms with E-state index < -0.39 is 6.10 Å². The summed E-state index contributed by atoms with van der Waals surface area (Å²) in [5.41, 5.74) is 0.962. The van der Waals surface area contributed by atoms with Crippen LogP contribution >= 0.6 is 0 Å². The summed E-state index contributed by atoms with van der Waals surface area (Å²) in [5.74, 6) is 0.268. The van der Waals surface area contributed by atoms with Crippen molar-refractivity contribution in [1.82, 2.24) is 4.90 Å². The number of methoxy groups -OCH3 is 1. The van der Waals surface area contributed by atoms with Gasteiger partial charge >= 0.3 is 0 Å². The minimum absolute atomic E-state index is 0.0372. The lowest BCUT2D eigenvalue weighted by Crippen LogP contribution is -2.41. The Morgan fingerprint density at radius 1 is 1.37 bits per heavy atom. The van der Waals surface area contributed by atoms with Gasteiger partial charge in [-0.05, 0) is 24.3 Å². The standard InChI is InChI=1S/C15H21NO3/c1-19-11-14(17)16-9-7-13(8-10-16)15(18)12-5-3-2-4-6-12/h2-6,13,15,18H,7-11H2,1H3. The maximum atomic E-state index is 11.7. The Kier molecular flexibility index (Phi) is 4.93. The van der Waals surface area contributed by atoms with Crippen molar-refractivity contribution in [1.29, 1.82) is 0 Å². The van der Waals surface area contributed by atoms with E-state index >= 15 is 0 Å². The van der Waals surface area contributed by atoms with Crippen LogP contribution in [0.3, 0.4) is 0 Å². The number of rotatable bonds is 4. The van der Waals surface area contributed by atoms with Crippen LogP contribution in [0.25, 0.3) is 0 Å². The number of nitrogens with zero attached hydrogens (tertiary/aromatic N) is 1. The third-order valence-corrected chi connectivity index (χ3v) is 3.75. The molecule has 1 unspecified atom stereocenters. The molecule has 1 heterocycles. The molecule has 1 saturated heterocycles. The molecule has 1 fully saturated rings. The monoisotopic (exact) mass is 263 g/mol. The molecule has 1 aromatic carbocycles. The van der Waals surface area contributed by atoms with Gasteiger partial charge in [0.15, 0.2) is 0 Å². The minimum atomic E-state index is -0.430. The number of carbonyl (C=O) groups is 1. The van der Waals surface area contributed by atoms with Gasteiger partial charge in [0.25, 0.3) is 0 Å². The van der Waals surface area contributed by atoms with Gasteiger partial charge in [-0.25, -0.2) is 0 Å². The molecule has 4 nitrogen and oxygen atoms in total. The molecule has 1 aromatic rings. The zero-order valence-electron chi connectivity index (χ0n) is 11.3. The molecule has 0 aromatic heterocycles. The van der Waals surface area contributed by atoms with E-state index in [2.05, 4.69) is 0 Å². The van der Waals surface area contributed by atoms with Crippen molar-refractivity contribution in [3.05, 3.63) is 35.9 Å². The topological polar surface area (TPSA) is 49.8 Å². The summed E-state index contributed by atoms with van der Waals surface area (Å²) >= 11 is 0. The lowest BCUT2D eigenvalue weighted by molar-refractivity contribution is -0.137. The highest BCUT2D eigenvalue weighted by Gasteiger charge is 2.27. The molecule has 0 aliphatic carbocycles. The van der Waals surface area contributed by atoms with Gasteiger partial charge in [-0.1, -0.05) is 30.3 Å². The highest BCUT2D eigenvalue weighted by atomic mass is 16.5. The number of carbonyl (C=O) groups excluding carboxylic acids is 1. The van der Waals surface area contributed by atoms with E-state index in [0.29, 0.717) is 13.1 Å². The van der Waals surface area contributed by atoms with Crippen LogP contribution in [0.5, 0.6) is 0 Å². The molecule has 1 aliphatic rings. The van der Waals surface area contributed by atoms with E-state index in [0.717, 1.165) is 18.4 Å². The fraction of sp³-hybridized carbons (Fsp3) is 0.533. The van der Waals surface area contributed by atoms with Crippen LogP contribution in [-0.4, -0.2) is 42.7 Å². The van der Waals surface area contributed by atoms with E-state index in [4.69, 9.17) is 4.74 Å². The van der Waals surface area contributed by atoms with Crippen molar-refractivity contribution in [2.45, 2.75) is 18.9 Å². The first-order chi connectivity index (χ1) is 9.22. The SMILES string of the molecule is COCC(=O)N1CCC(C(O)c2ccccc2)CC1. The van der Waals surface area contributed by atoms with E-state index in [9.17, 15) is 9.90 Å². The van der Waals surface area contributed by atoms with Gasteiger partial charge in [0.1, 0.15) is 6.61 Å². The molecule has 0 spiro atoms. The lowest BCUT2D eigenvalue weighted by Gasteiger charge is -2.34. The molecule has 1 atom stereocenters. The summed E-state index contributed by atoms with van der Waals surface area (Å²) < 4.78 is 4.86. The van der Waals surface area contributed by atoms with Crippen LogP contribution in [0.4, 0.5) is 0 Å². The zero-order chi connectivity index (χ0) is 13.7. The molecule has 1 N–H and O–H groups in total. The first-order valence-electron chi connectivity index (χ1n) is 6.72. The quantitative estimate of drug-likeness (QED) is 0.897. The summed E-state index contributed by atoms with van der Waals surface area (Å²) in [6, 6.07) is 9.73. The number of aliphatic hydroxyl groups excluding tert-OH is 1. The molecular formula is C15H21NO3. The number of amides is 1. The van der Waals surface area contributed by atoms with Crippen LogP contribution in [0.2, 0.25) is 0 Å². The smallest absolute Gasteiger partial charge is 0.248 e. The second-order valence-electron chi connectivity index (χ2n) is 5.01. The Hall–Kier alpha value is -1.39. The number of likely N-dealkylation sites (tertiary alicyclic amines) is 1. The molecule has 0 radical (unpaired) electrons. The van der Waals surface area contributed by atoms with E-state index in [1.165, 1.54) is 7.11 Å². The number of hydrogen-bond acceptors (Lipinski definition) is 3. The van der Waals surface area contributed by atoms with Crippen LogP contribution < -0.4 is 0 Å². The van der Waals surface area contributed by atoms with Gasteiger partial charge in [-0.15, -0.1) is 0 Å². The van der Waals surface area contributed by atoms with Crippen molar-refractivity contribution < 1.29 is 14.6 Å². The van der Waals surface area contributed by atoms with Crippen LogP contribution in [0, 0.1) is 5.92 Å². The third-order valence-electron chi connectivity index (χ3n) is 3.75. The fourth-order valence-corrected chi connectivity index (χ4v) is 2.60. The molecule has 0 saturated carbocycles. The first-order valence-corrected chi connectivity index (χ1v) is 6.72. The molecule has 4 heteroatoms. The predicted molar refractivity (Wildman–Crippen MR) is 72.6 cm³/mol. The minimum Gasteiger partial charge on any atom is -0.388 e. The molecule has 19 heavy (non-hydrogen) atoms. The number of ether oxygens (including phenoxy) is 1. The van der Waals surface area contributed by atoms with Crippen molar-refractivity contribution >= 4 is 5.91 Å². The molecule has 2 rings (SSSR count). The van der Waals surface area contributed by atoms with Crippen LogP contribution in [0.15, 0.2) is 30.3 Å². The Morgan fingerprint density at radius 3 is 2.58 bits per heavy atom. The highest BCUT2D eigenvalue weighted by Crippen LogP contribution is 2.30. The maximum absolute atomic E-state index is 11.7. The largest absolute Gasteiger partial charge is 0.388 e. The van der Waals surface area contributed by atoms with E-state index in [-0.39, 0.29) is 18.4 Å². The Labute approximate surface area is 114 Å². The van der Waals surface area contributed by atoms with Crippen LogP contribution in [0.1, 0.15) is 24.5 Å². The van der Waals surface area contributed by atoms with Gasteiger partial charge in [-0.2, -0.15) is 0 Å². The Balaban J connectivity index is 1.88. The average molecular weight is 263 g/mol. The van der Waals surface area contributed by atoms with Gasteiger partial charge < -0.3 is 14.7 Å².